The predicted molar refractivity (Wildman–Crippen MR) is 127 cm³/mol. The zero-order valence-corrected chi connectivity index (χ0v) is 21.1. The fourth-order valence-electron chi connectivity index (χ4n) is 12.0. The molecule has 6 aliphatic carbocycles. The summed E-state index contributed by atoms with van der Waals surface area (Å²) >= 11 is 0. The molecule has 0 aliphatic heterocycles. The first-order valence-electron chi connectivity index (χ1n) is 14.2. The van der Waals surface area contributed by atoms with E-state index in [0.717, 1.165) is 47.3 Å². The van der Waals surface area contributed by atoms with Crippen LogP contribution in [-0.4, -0.2) is 0 Å². The van der Waals surface area contributed by atoms with Crippen molar-refractivity contribution >= 4 is 0 Å². The van der Waals surface area contributed by atoms with Crippen molar-refractivity contribution in [2.24, 2.45) is 69.0 Å². The van der Waals surface area contributed by atoms with Gasteiger partial charge in [-0.1, -0.05) is 60.8 Å². The zero-order chi connectivity index (χ0) is 21.1. The highest BCUT2D eigenvalue weighted by atomic mass is 14.8. The van der Waals surface area contributed by atoms with E-state index in [0.29, 0.717) is 21.7 Å². The fraction of sp³-hybridized carbons (Fsp3) is 1.00. The molecule has 6 fully saturated rings. The van der Waals surface area contributed by atoms with Gasteiger partial charge in [-0.25, -0.2) is 0 Å². The Bertz CT molecular complexity index is 699. The normalized spacial score (nSPS) is 58.2. The lowest BCUT2D eigenvalue weighted by Gasteiger charge is -2.71. The van der Waals surface area contributed by atoms with Crippen molar-refractivity contribution in [2.45, 2.75) is 119 Å². The van der Waals surface area contributed by atoms with Crippen LogP contribution in [0.5, 0.6) is 0 Å². The molecule has 0 heteroatoms. The van der Waals surface area contributed by atoms with Gasteiger partial charge >= 0.3 is 0 Å². The summed E-state index contributed by atoms with van der Waals surface area (Å²) in [6, 6.07) is 0. The average molecular weight is 411 g/mol. The summed E-state index contributed by atoms with van der Waals surface area (Å²) in [7, 11) is 0. The van der Waals surface area contributed by atoms with Crippen LogP contribution in [-0.2, 0) is 0 Å². The molecule has 6 aliphatic rings. The van der Waals surface area contributed by atoms with Gasteiger partial charge in [0.15, 0.2) is 0 Å². The largest absolute Gasteiger partial charge is 0.0617 e. The van der Waals surface area contributed by atoms with E-state index in [-0.39, 0.29) is 0 Å². The third kappa shape index (κ3) is 2.31. The standard InChI is InChI=1S/C30H50/c1-19-26-23-12-11-20-9-7-8-10-21(20)22(23)13-14-24(26)30(6)25(28(4)17-18-28)15-16-29(30,5)27(19,2)3/h19-26H,7-18H2,1-6H3. The van der Waals surface area contributed by atoms with Crippen molar-refractivity contribution in [3.63, 3.8) is 0 Å². The lowest BCUT2D eigenvalue weighted by molar-refractivity contribution is -0.229. The van der Waals surface area contributed by atoms with Gasteiger partial charge < -0.3 is 0 Å². The first kappa shape index (κ1) is 20.6. The molecule has 0 aromatic carbocycles. The van der Waals surface area contributed by atoms with E-state index < -0.39 is 0 Å². The maximum absolute atomic E-state index is 2.85. The lowest BCUT2D eigenvalue weighted by Crippen LogP contribution is -2.65. The van der Waals surface area contributed by atoms with Crippen LogP contribution in [0.2, 0.25) is 0 Å². The molecule has 0 N–H and O–H groups in total. The van der Waals surface area contributed by atoms with Crippen molar-refractivity contribution in [1.82, 2.24) is 0 Å². The second kappa shape index (κ2) is 6.32. The molecule has 0 bridgehead atoms. The van der Waals surface area contributed by atoms with Gasteiger partial charge in [0.05, 0.1) is 0 Å². The Morgan fingerprint density at radius 2 is 1.33 bits per heavy atom. The molecule has 0 nitrogen and oxygen atoms in total. The molecule has 0 radical (unpaired) electrons. The Labute approximate surface area is 187 Å². The molecule has 6 saturated carbocycles. The summed E-state index contributed by atoms with van der Waals surface area (Å²) in [6.07, 6.45) is 18.6. The average Bonchev–Trinajstić information content (AvgIpc) is 3.40. The van der Waals surface area contributed by atoms with E-state index in [1.54, 1.807) is 38.5 Å². The van der Waals surface area contributed by atoms with E-state index >= 15 is 0 Å². The molecule has 0 aromatic heterocycles. The van der Waals surface area contributed by atoms with Gasteiger partial charge in [0.25, 0.3) is 0 Å². The maximum Gasteiger partial charge on any atom is -0.0202 e. The molecule has 0 amide bonds. The molecular formula is C30H50. The van der Waals surface area contributed by atoms with E-state index in [2.05, 4.69) is 41.5 Å². The van der Waals surface area contributed by atoms with Crippen LogP contribution in [0, 0.1) is 69.0 Å². The van der Waals surface area contributed by atoms with Gasteiger partial charge in [-0.3, -0.25) is 0 Å². The summed E-state index contributed by atoms with van der Waals surface area (Å²) in [6.45, 7) is 16.5. The summed E-state index contributed by atoms with van der Waals surface area (Å²) in [5.41, 5.74) is 2.28. The third-order valence-electron chi connectivity index (χ3n) is 14.3. The molecule has 30 heavy (non-hydrogen) atoms. The molecule has 10 atom stereocenters. The topological polar surface area (TPSA) is 0 Å². The smallest absolute Gasteiger partial charge is 0.0202 e. The maximum atomic E-state index is 2.85. The van der Waals surface area contributed by atoms with Crippen molar-refractivity contribution in [3.05, 3.63) is 0 Å². The molecule has 170 valence electrons. The number of rotatable bonds is 1. The van der Waals surface area contributed by atoms with Crippen molar-refractivity contribution in [2.75, 3.05) is 0 Å². The van der Waals surface area contributed by atoms with Crippen LogP contribution < -0.4 is 0 Å². The van der Waals surface area contributed by atoms with Crippen molar-refractivity contribution in [3.8, 4) is 0 Å². The van der Waals surface area contributed by atoms with Gasteiger partial charge in [0.1, 0.15) is 0 Å². The summed E-state index contributed by atoms with van der Waals surface area (Å²) < 4.78 is 0. The first-order chi connectivity index (χ1) is 14.2. The van der Waals surface area contributed by atoms with Crippen LogP contribution >= 0.6 is 0 Å². The molecule has 10 unspecified atom stereocenters. The van der Waals surface area contributed by atoms with Gasteiger partial charge in [0, 0.05) is 0 Å². The van der Waals surface area contributed by atoms with Crippen LogP contribution in [0.25, 0.3) is 0 Å². The van der Waals surface area contributed by atoms with Gasteiger partial charge in [-0.15, -0.1) is 0 Å². The van der Waals surface area contributed by atoms with E-state index in [9.17, 15) is 0 Å². The number of hydrogen-bond acceptors (Lipinski definition) is 0. The summed E-state index contributed by atoms with van der Waals surface area (Å²) in [4.78, 5) is 0. The Hall–Kier alpha value is 0. The molecule has 0 spiro atoms. The third-order valence-corrected chi connectivity index (χ3v) is 14.3. The van der Waals surface area contributed by atoms with E-state index in [4.69, 9.17) is 0 Å². The molecule has 6 rings (SSSR count). The second-order valence-corrected chi connectivity index (χ2v) is 14.7. The van der Waals surface area contributed by atoms with Gasteiger partial charge in [0.2, 0.25) is 0 Å². The van der Waals surface area contributed by atoms with Gasteiger partial charge in [-0.2, -0.15) is 0 Å². The molecule has 0 saturated heterocycles. The minimum Gasteiger partial charge on any atom is -0.0617 e. The zero-order valence-electron chi connectivity index (χ0n) is 21.1. The Balaban J connectivity index is 1.42. The Morgan fingerprint density at radius 1 is 0.633 bits per heavy atom. The van der Waals surface area contributed by atoms with Crippen LogP contribution in [0.4, 0.5) is 0 Å². The monoisotopic (exact) mass is 410 g/mol. The predicted octanol–water partition coefficient (Wildman–Crippen LogP) is 8.74. The second-order valence-electron chi connectivity index (χ2n) is 14.7. The Kier molecular flexibility index (Phi) is 4.34. The first-order valence-corrected chi connectivity index (χ1v) is 14.2. The van der Waals surface area contributed by atoms with Crippen LogP contribution in [0.3, 0.4) is 0 Å². The lowest BCUT2D eigenvalue weighted by atomic mass is 9.34. The highest BCUT2D eigenvalue weighted by Crippen LogP contribution is 2.81. The Morgan fingerprint density at radius 3 is 2.07 bits per heavy atom. The summed E-state index contributed by atoms with van der Waals surface area (Å²) in [5, 5.41) is 0. The molecular weight excluding hydrogens is 360 g/mol. The van der Waals surface area contributed by atoms with Crippen molar-refractivity contribution in [1.29, 1.82) is 0 Å². The van der Waals surface area contributed by atoms with Gasteiger partial charge in [-0.05, 0) is 127 Å². The number of hydrogen-bond donors (Lipinski definition) is 0. The highest BCUT2D eigenvalue weighted by molar-refractivity contribution is 5.22. The van der Waals surface area contributed by atoms with E-state index in [1.807, 2.05) is 0 Å². The van der Waals surface area contributed by atoms with E-state index in [1.165, 1.54) is 38.5 Å². The SMILES string of the molecule is CC1C2C3CCC4CCCCC4C3CCC2C2(C)C(C3(C)CC3)CCC2(C)C1(C)C. The minimum absolute atomic E-state index is 0.480. The molecule has 0 aromatic rings. The van der Waals surface area contributed by atoms with Crippen LogP contribution in [0.15, 0.2) is 0 Å². The van der Waals surface area contributed by atoms with Crippen LogP contribution in [0.1, 0.15) is 119 Å². The number of fused-ring (bicyclic) bond motifs is 7. The quantitative estimate of drug-likeness (QED) is 0.405. The highest BCUT2D eigenvalue weighted by Gasteiger charge is 2.74. The minimum atomic E-state index is 0.480. The molecule has 0 heterocycles. The summed E-state index contributed by atoms with van der Waals surface area (Å²) in [5.74, 6) is 8.29. The fourth-order valence-corrected chi connectivity index (χ4v) is 12.0. The van der Waals surface area contributed by atoms with Crippen molar-refractivity contribution < 1.29 is 0 Å².